The SMILES string of the molecule is C[C@@H]1[C@@H](COCc2ccccc2)O[C@H]1C(=O)O. The molecule has 0 aromatic heterocycles. The van der Waals surface area contributed by atoms with Crippen LogP contribution in [0.5, 0.6) is 0 Å². The van der Waals surface area contributed by atoms with E-state index < -0.39 is 12.1 Å². The quantitative estimate of drug-likeness (QED) is 0.845. The van der Waals surface area contributed by atoms with Crippen molar-refractivity contribution in [3.8, 4) is 0 Å². The van der Waals surface area contributed by atoms with E-state index in [1.54, 1.807) is 0 Å². The van der Waals surface area contributed by atoms with E-state index in [-0.39, 0.29) is 12.0 Å². The molecular formula is C13H16O4. The van der Waals surface area contributed by atoms with Gasteiger partial charge in [-0.2, -0.15) is 0 Å². The van der Waals surface area contributed by atoms with E-state index in [9.17, 15) is 4.79 Å². The molecule has 3 atom stereocenters. The second-order valence-corrected chi connectivity index (χ2v) is 4.29. The molecule has 1 saturated heterocycles. The molecule has 1 heterocycles. The molecule has 0 radical (unpaired) electrons. The molecule has 1 aromatic rings. The zero-order chi connectivity index (χ0) is 12.3. The van der Waals surface area contributed by atoms with Crippen LogP contribution in [-0.4, -0.2) is 29.9 Å². The topological polar surface area (TPSA) is 55.8 Å². The second kappa shape index (κ2) is 5.29. The van der Waals surface area contributed by atoms with Gasteiger partial charge < -0.3 is 14.6 Å². The van der Waals surface area contributed by atoms with Gasteiger partial charge in [0, 0.05) is 5.92 Å². The number of hydrogen-bond donors (Lipinski definition) is 1. The van der Waals surface area contributed by atoms with Crippen molar-refractivity contribution >= 4 is 5.97 Å². The van der Waals surface area contributed by atoms with Crippen molar-refractivity contribution in [3.63, 3.8) is 0 Å². The summed E-state index contributed by atoms with van der Waals surface area (Å²) in [5.74, 6) is -0.875. The first-order valence-corrected chi connectivity index (χ1v) is 5.68. The van der Waals surface area contributed by atoms with Gasteiger partial charge in [-0.1, -0.05) is 37.3 Å². The number of carboxylic acids is 1. The fraction of sp³-hybridized carbons (Fsp3) is 0.462. The Balaban J connectivity index is 1.69. The first-order valence-electron chi connectivity index (χ1n) is 5.68. The van der Waals surface area contributed by atoms with Crippen LogP contribution in [0.15, 0.2) is 30.3 Å². The average Bonchev–Trinajstić information content (AvgIpc) is 2.33. The van der Waals surface area contributed by atoms with Gasteiger partial charge in [-0.05, 0) is 5.56 Å². The fourth-order valence-electron chi connectivity index (χ4n) is 1.88. The van der Waals surface area contributed by atoms with Gasteiger partial charge in [0.2, 0.25) is 0 Å². The Hall–Kier alpha value is -1.39. The summed E-state index contributed by atoms with van der Waals surface area (Å²) >= 11 is 0. The minimum Gasteiger partial charge on any atom is -0.479 e. The van der Waals surface area contributed by atoms with Crippen LogP contribution >= 0.6 is 0 Å². The molecule has 0 saturated carbocycles. The Morgan fingerprint density at radius 2 is 2.12 bits per heavy atom. The molecule has 2 rings (SSSR count). The van der Waals surface area contributed by atoms with Crippen molar-refractivity contribution in [2.24, 2.45) is 5.92 Å². The smallest absolute Gasteiger partial charge is 0.333 e. The average molecular weight is 236 g/mol. The van der Waals surface area contributed by atoms with Crippen LogP contribution in [0.4, 0.5) is 0 Å². The van der Waals surface area contributed by atoms with E-state index in [1.165, 1.54) is 0 Å². The zero-order valence-corrected chi connectivity index (χ0v) is 9.70. The van der Waals surface area contributed by atoms with Gasteiger partial charge in [-0.25, -0.2) is 4.79 Å². The summed E-state index contributed by atoms with van der Waals surface area (Å²) in [6, 6.07) is 9.86. The molecule has 4 nitrogen and oxygen atoms in total. The van der Waals surface area contributed by atoms with E-state index in [1.807, 2.05) is 37.3 Å². The molecule has 4 heteroatoms. The molecule has 1 aliphatic heterocycles. The van der Waals surface area contributed by atoms with Gasteiger partial charge in [0.15, 0.2) is 6.10 Å². The minimum absolute atomic E-state index is 0.0169. The minimum atomic E-state index is -0.892. The molecule has 0 bridgehead atoms. The molecule has 1 aliphatic rings. The number of aliphatic carboxylic acids is 1. The highest BCUT2D eigenvalue weighted by Gasteiger charge is 2.43. The van der Waals surface area contributed by atoms with Gasteiger partial charge in [0.1, 0.15) is 0 Å². The van der Waals surface area contributed by atoms with Crippen molar-refractivity contribution < 1.29 is 19.4 Å². The van der Waals surface area contributed by atoms with Crippen molar-refractivity contribution in [3.05, 3.63) is 35.9 Å². The monoisotopic (exact) mass is 236 g/mol. The summed E-state index contributed by atoms with van der Waals surface area (Å²) in [4.78, 5) is 10.7. The standard InChI is InChI=1S/C13H16O4/c1-9-11(17-12(9)13(14)15)8-16-7-10-5-3-2-4-6-10/h2-6,9,11-12H,7-8H2,1H3,(H,14,15)/t9-,11-,12-/m1/s1. The fourth-order valence-corrected chi connectivity index (χ4v) is 1.88. The highest BCUT2D eigenvalue weighted by Crippen LogP contribution is 2.28. The number of hydrogen-bond acceptors (Lipinski definition) is 3. The summed E-state index contributed by atoms with van der Waals surface area (Å²) in [6.45, 7) is 2.85. The predicted octanol–water partition coefficient (Wildman–Crippen LogP) is 1.69. The molecule has 1 N–H and O–H groups in total. The van der Waals surface area contributed by atoms with Gasteiger partial charge in [-0.15, -0.1) is 0 Å². The summed E-state index contributed by atoms with van der Waals surface area (Å²) in [7, 11) is 0. The lowest BCUT2D eigenvalue weighted by molar-refractivity contribution is -0.214. The van der Waals surface area contributed by atoms with Crippen molar-refractivity contribution in [1.82, 2.24) is 0 Å². The highest BCUT2D eigenvalue weighted by atomic mass is 16.6. The van der Waals surface area contributed by atoms with Crippen molar-refractivity contribution in [1.29, 1.82) is 0 Å². The molecule has 92 valence electrons. The molecule has 0 unspecified atom stereocenters. The van der Waals surface area contributed by atoms with Gasteiger partial charge in [0.25, 0.3) is 0 Å². The predicted molar refractivity (Wildman–Crippen MR) is 61.6 cm³/mol. The maximum Gasteiger partial charge on any atom is 0.333 e. The largest absolute Gasteiger partial charge is 0.479 e. The Morgan fingerprint density at radius 3 is 2.71 bits per heavy atom. The van der Waals surface area contributed by atoms with Crippen molar-refractivity contribution in [2.75, 3.05) is 6.61 Å². The Labute approximate surface area is 100 Å². The summed E-state index contributed by atoms with van der Waals surface area (Å²) in [6.07, 6.45) is -0.764. The zero-order valence-electron chi connectivity index (χ0n) is 9.70. The molecule has 1 fully saturated rings. The number of ether oxygens (including phenoxy) is 2. The van der Waals surface area contributed by atoms with Crippen LogP contribution in [0.1, 0.15) is 12.5 Å². The second-order valence-electron chi connectivity index (χ2n) is 4.29. The van der Waals surface area contributed by atoms with Crippen LogP contribution in [0.25, 0.3) is 0 Å². The third-order valence-electron chi connectivity index (χ3n) is 3.02. The maximum absolute atomic E-state index is 10.7. The highest BCUT2D eigenvalue weighted by molar-refractivity contribution is 5.73. The number of carbonyl (C=O) groups is 1. The molecule has 0 aliphatic carbocycles. The van der Waals surface area contributed by atoms with Crippen molar-refractivity contribution in [2.45, 2.75) is 25.7 Å². The number of carboxylic acid groups (broad SMARTS) is 1. The lowest BCUT2D eigenvalue weighted by Gasteiger charge is -2.39. The first-order chi connectivity index (χ1) is 8.18. The van der Waals surface area contributed by atoms with Crippen LogP contribution in [0.2, 0.25) is 0 Å². The summed E-state index contributed by atoms with van der Waals surface area (Å²) < 4.78 is 10.7. The molecule has 17 heavy (non-hydrogen) atoms. The third kappa shape index (κ3) is 2.84. The van der Waals surface area contributed by atoms with Crippen LogP contribution < -0.4 is 0 Å². The van der Waals surface area contributed by atoms with E-state index in [4.69, 9.17) is 14.6 Å². The van der Waals surface area contributed by atoms with E-state index in [0.717, 1.165) is 5.56 Å². The first kappa shape index (κ1) is 12.1. The molecule has 0 amide bonds. The lowest BCUT2D eigenvalue weighted by Crippen LogP contribution is -2.53. The normalized spacial score (nSPS) is 27.5. The Bertz CT molecular complexity index is 376. The lowest BCUT2D eigenvalue weighted by atomic mass is 9.92. The number of rotatable bonds is 5. The maximum atomic E-state index is 10.7. The van der Waals surface area contributed by atoms with E-state index >= 15 is 0 Å². The van der Waals surface area contributed by atoms with E-state index in [2.05, 4.69) is 0 Å². The van der Waals surface area contributed by atoms with Gasteiger partial charge >= 0.3 is 5.97 Å². The molecular weight excluding hydrogens is 220 g/mol. The summed E-state index contributed by atoms with van der Waals surface area (Å²) in [5, 5.41) is 8.76. The van der Waals surface area contributed by atoms with Crippen LogP contribution in [0, 0.1) is 5.92 Å². The third-order valence-corrected chi connectivity index (χ3v) is 3.02. The van der Waals surface area contributed by atoms with E-state index in [0.29, 0.717) is 13.2 Å². The van der Waals surface area contributed by atoms with Crippen LogP contribution in [-0.2, 0) is 20.9 Å². The van der Waals surface area contributed by atoms with Gasteiger partial charge in [-0.3, -0.25) is 0 Å². The van der Waals surface area contributed by atoms with Crippen LogP contribution in [0.3, 0.4) is 0 Å². The summed E-state index contributed by atoms with van der Waals surface area (Å²) in [5.41, 5.74) is 1.11. The molecule has 0 spiro atoms. The number of benzene rings is 1. The molecule has 1 aromatic carbocycles. The van der Waals surface area contributed by atoms with Gasteiger partial charge in [0.05, 0.1) is 19.3 Å². The Kier molecular flexibility index (Phi) is 3.76. The Morgan fingerprint density at radius 1 is 1.41 bits per heavy atom.